The quantitative estimate of drug-likeness (QED) is 0.338. The molecule has 4 aromatic rings. The first-order valence-electron chi connectivity index (χ1n) is 9.10. The number of benzene rings is 2. The van der Waals surface area contributed by atoms with Crippen LogP contribution in [0.4, 0.5) is 5.82 Å². The van der Waals surface area contributed by atoms with Crippen LogP contribution in [0.25, 0.3) is 10.1 Å². The van der Waals surface area contributed by atoms with Gasteiger partial charge >= 0.3 is 5.97 Å². The van der Waals surface area contributed by atoms with Crippen LogP contribution < -0.4 is 15.2 Å². The summed E-state index contributed by atoms with van der Waals surface area (Å²) in [6.45, 7) is 0.517. The number of nitrogens with zero attached hydrogens (tertiary/aromatic N) is 1. The SMILES string of the molecule is Nc1ncc(C(=O)O)c2scc(COc3cc(OCc4ccc(Cl)cc4)ccc3Cl)c12. The van der Waals surface area contributed by atoms with E-state index in [2.05, 4.69) is 4.98 Å². The smallest absolute Gasteiger partial charge is 0.338 e. The minimum Gasteiger partial charge on any atom is -0.489 e. The number of carboxylic acids is 1. The van der Waals surface area contributed by atoms with Gasteiger partial charge in [-0.2, -0.15) is 0 Å². The average Bonchev–Trinajstić information content (AvgIpc) is 3.18. The number of nitrogen functional groups attached to an aromatic ring is 1. The minimum atomic E-state index is -1.06. The summed E-state index contributed by atoms with van der Waals surface area (Å²) in [6, 6.07) is 12.5. The third kappa shape index (κ3) is 4.69. The molecule has 0 unspecified atom stereocenters. The zero-order chi connectivity index (χ0) is 22.0. The van der Waals surface area contributed by atoms with Gasteiger partial charge in [-0.05, 0) is 35.2 Å². The Morgan fingerprint density at radius 3 is 2.61 bits per heavy atom. The van der Waals surface area contributed by atoms with Crippen LogP contribution in [0, 0.1) is 0 Å². The lowest BCUT2D eigenvalue weighted by Crippen LogP contribution is -2.02. The fourth-order valence-corrected chi connectivity index (χ4v) is 4.34. The molecule has 2 aromatic carbocycles. The molecule has 0 aliphatic carbocycles. The number of aromatic carboxylic acids is 1. The summed E-state index contributed by atoms with van der Waals surface area (Å²) < 4.78 is 12.3. The molecule has 6 nitrogen and oxygen atoms in total. The molecule has 158 valence electrons. The van der Waals surface area contributed by atoms with Crippen LogP contribution in [0.5, 0.6) is 11.5 Å². The van der Waals surface area contributed by atoms with Crippen molar-refractivity contribution >= 4 is 56.4 Å². The number of hydrogen-bond donors (Lipinski definition) is 2. The normalized spacial score (nSPS) is 10.9. The molecule has 0 spiro atoms. The molecule has 31 heavy (non-hydrogen) atoms. The van der Waals surface area contributed by atoms with Crippen molar-refractivity contribution in [2.24, 2.45) is 0 Å². The lowest BCUT2D eigenvalue weighted by molar-refractivity contribution is 0.0699. The average molecular weight is 475 g/mol. The van der Waals surface area contributed by atoms with E-state index in [1.54, 1.807) is 30.3 Å². The summed E-state index contributed by atoms with van der Waals surface area (Å²) in [5.74, 6) is 0.237. The highest BCUT2D eigenvalue weighted by atomic mass is 35.5. The fraction of sp³-hybridized carbons (Fsp3) is 0.0909. The van der Waals surface area contributed by atoms with Gasteiger partial charge in [0.25, 0.3) is 0 Å². The van der Waals surface area contributed by atoms with Crippen molar-refractivity contribution in [2.75, 3.05) is 5.73 Å². The molecular weight excluding hydrogens is 459 g/mol. The number of thiophene rings is 1. The molecule has 0 amide bonds. The van der Waals surface area contributed by atoms with Gasteiger partial charge in [-0.15, -0.1) is 11.3 Å². The zero-order valence-corrected chi connectivity index (χ0v) is 18.3. The zero-order valence-electron chi connectivity index (χ0n) is 16.0. The van der Waals surface area contributed by atoms with Crippen molar-refractivity contribution in [2.45, 2.75) is 13.2 Å². The first-order valence-corrected chi connectivity index (χ1v) is 10.7. The highest BCUT2D eigenvalue weighted by molar-refractivity contribution is 7.17. The molecule has 3 N–H and O–H groups in total. The summed E-state index contributed by atoms with van der Waals surface area (Å²) >= 11 is 13.5. The van der Waals surface area contributed by atoms with E-state index in [4.69, 9.17) is 38.4 Å². The summed E-state index contributed by atoms with van der Waals surface area (Å²) in [7, 11) is 0. The molecule has 2 aromatic heterocycles. The van der Waals surface area contributed by atoms with Gasteiger partial charge in [-0.3, -0.25) is 0 Å². The molecule has 0 saturated heterocycles. The number of fused-ring (bicyclic) bond motifs is 1. The summed E-state index contributed by atoms with van der Waals surface area (Å²) in [5.41, 5.74) is 7.81. The van der Waals surface area contributed by atoms with Crippen molar-refractivity contribution in [3.8, 4) is 11.5 Å². The maximum atomic E-state index is 11.4. The molecule has 0 fully saturated rings. The number of carboxylic acid groups (broad SMARTS) is 1. The lowest BCUT2D eigenvalue weighted by Gasteiger charge is -2.11. The standard InChI is InChI=1S/C22H16Cl2N2O4S/c23-14-3-1-12(2-4-14)9-29-15-5-6-17(24)18(7-15)30-10-13-11-31-20-16(22(27)28)8-26-21(25)19(13)20/h1-8,11H,9-10H2,(H2,25,26)(H,27,28). The number of ether oxygens (including phenoxy) is 2. The van der Waals surface area contributed by atoms with E-state index < -0.39 is 5.97 Å². The predicted octanol–water partition coefficient (Wildman–Crippen LogP) is 6.04. The second-order valence-electron chi connectivity index (χ2n) is 6.62. The van der Waals surface area contributed by atoms with Gasteiger partial charge in [0.2, 0.25) is 0 Å². The highest BCUT2D eigenvalue weighted by Crippen LogP contribution is 2.35. The van der Waals surface area contributed by atoms with Crippen molar-refractivity contribution in [3.05, 3.63) is 80.8 Å². The molecule has 0 saturated carbocycles. The van der Waals surface area contributed by atoms with Gasteiger partial charge in [0, 0.05) is 28.2 Å². The lowest BCUT2D eigenvalue weighted by atomic mass is 10.1. The Morgan fingerprint density at radius 1 is 1.10 bits per heavy atom. The van der Waals surface area contributed by atoms with Crippen LogP contribution in [-0.2, 0) is 13.2 Å². The Labute approximate surface area is 191 Å². The topological polar surface area (TPSA) is 94.7 Å². The molecule has 0 atom stereocenters. The van der Waals surface area contributed by atoms with E-state index in [-0.39, 0.29) is 18.0 Å². The van der Waals surface area contributed by atoms with Crippen LogP contribution in [0.1, 0.15) is 21.5 Å². The van der Waals surface area contributed by atoms with Crippen molar-refractivity contribution in [1.29, 1.82) is 0 Å². The van der Waals surface area contributed by atoms with Crippen LogP contribution in [0.2, 0.25) is 10.0 Å². The van der Waals surface area contributed by atoms with E-state index in [0.717, 1.165) is 11.1 Å². The first-order chi connectivity index (χ1) is 14.9. The summed E-state index contributed by atoms with van der Waals surface area (Å²) in [5, 5.41) is 12.8. The Morgan fingerprint density at radius 2 is 1.87 bits per heavy atom. The van der Waals surface area contributed by atoms with Crippen molar-refractivity contribution < 1.29 is 19.4 Å². The Bertz CT molecular complexity index is 1260. The maximum absolute atomic E-state index is 11.4. The highest BCUT2D eigenvalue weighted by Gasteiger charge is 2.17. The van der Waals surface area contributed by atoms with Crippen LogP contribution in [-0.4, -0.2) is 16.1 Å². The minimum absolute atomic E-state index is 0.107. The number of carbonyl (C=O) groups is 1. The largest absolute Gasteiger partial charge is 0.489 e. The van der Waals surface area contributed by atoms with Gasteiger partial charge in [0.05, 0.1) is 15.3 Å². The number of anilines is 1. The van der Waals surface area contributed by atoms with Crippen LogP contribution >= 0.6 is 34.5 Å². The second-order valence-corrected chi connectivity index (χ2v) is 8.35. The van der Waals surface area contributed by atoms with Crippen molar-refractivity contribution in [1.82, 2.24) is 4.98 Å². The first kappa shape index (κ1) is 21.2. The molecule has 0 aliphatic rings. The predicted molar refractivity (Wildman–Crippen MR) is 123 cm³/mol. The molecule has 0 radical (unpaired) electrons. The van der Waals surface area contributed by atoms with E-state index in [0.29, 0.717) is 38.2 Å². The number of rotatable bonds is 7. The Balaban J connectivity index is 1.51. The summed E-state index contributed by atoms with van der Waals surface area (Å²) in [4.78, 5) is 15.4. The number of halogens is 2. The van der Waals surface area contributed by atoms with Gasteiger partial charge in [0.1, 0.15) is 30.5 Å². The van der Waals surface area contributed by atoms with Gasteiger partial charge < -0.3 is 20.3 Å². The van der Waals surface area contributed by atoms with E-state index in [9.17, 15) is 9.90 Å². The van der Waals surface area contributed by atoms with Gasteiger partial charge in [-0.25, -0.2) is 9.78 Å². The number of aromatic nitrogens is 1. The number of hydrogen-bond acceptors (Lipinski definition) is 6. The molecule has 4 rings (SSSR count). The van der Waals surface area contributed by atoms with Crippen LogP contribution in [0.15, 0.2) is 54.0 Å². The number of pyridine rings is 1. The van der Waals surface area contributed by atoms with E-state index in [1.165, 1.54) is 17.5 Å². The molecule has 0 aliphatic heterocycles. The number of nitrogens with two attached hydrogens (primary N) is 1. The van der Waals surface area contributed by atoms with Gasteiger partial charge in [-0.1, -0.05) is 35.3 Å². The maximum Gasteiger partial charge on any atom is 0.338 e. The molecular formula is C22H16Cl2N2O4S. The van der Waals surface area contributed by atoms with E-state index >= 15 is 0 Å². The third-order valence-electron chi connectivity index (χ3n) is 4.54. The van der Waals surface area contributed by atoms with Crippen molar-refractivity contribution in [3.63, 3.8) is 0 Å². The van der Waals surface area contributed by atoms with E-state index in [1.807, 2.05) is 17.5 Å². The van der Waals surface area contributed by atoms with Gasteiger partial charge in [0.15, 0.2) is 0 Å². The Hall–Kier alpha value is -3.00. The monoisotopic (exact) mass is 474 g/mol. The fourth-order valence-electron chi connectivity index (χ4n) is 2.98. The van der Waals surface area contributed by atoms with Crippen LogP contribution in [0.3, 0.4) is 0 Å². The molecule has 2 heterocycles. The molecule has 9 heteroatoms. The summed E-state index contributed by atoms with van der Waals surface area (Å²) in [6.07, 6.45) is 1.26. The third-order valence-corrected chi connectivity index (χ3v) is 6.16. The second kappa shape index (κ2) is 9.01. The molecule has 0 bridgehead atoms. The Kier molecular flexibility index (Phi) is 6.18.